The number of carbonyl (C=O) groups excluding carboxylic acids is 1. The molecule has 42 heavy (non-hydrogen) atoms. The molecule has 1 fully saturated rings. The number of carboxylic acids is 1. The van der Waals surface area contributed by atoms with E-state index in [0.29, 0.717) is 55.4 Å². The van der Waals surface area contributed by atoms with Gasteiger partial charge >= 0.3 is 5.97 Å². The first-order valence-electron chi connectivity index (χ1n) is 15.0. The molecule has 1 aromatic carbocycles. The summed E-state index contributed by atoms with van der Waals surface area (Å²) in [4.78, 5) is 41.4. The van der Waals surface area contributed by atoms with Crippen LogP contribution in [0.4, 0.5) is 0 Å². The van der Waals surface area contributed by atoms with Crippen molar-refractivity contribution in [2.75, 3.05) is 53.6 Å². The van der Waals surface area contributed by atoms with Gasteiger partial charge in [-0.1, -0.05) is 13.3 Å². The predicted molar refractivity (Wildman–Crippen MR) is 157 cm³/mol. The van der Waals surface area contributed by atoms with Gasteiger partial charge in [0.1, 0.15) is 5.82 Å². The topological polar surface area (TPSA) is 129 Å². The minimum atomic E-state index is -0.913. The number of unbranched alkanes of at least 4 members (excludes halogenated alkanes) is 2. The second-order valence-electron chi connectivity index (χ2n) is 11.5. The van der Waals surface area contributed by atoms with Crippen LogP contribution in [0.15, 0.2) is 30.6 Å². The van der Waals surface area contributed by atoms with Crippen molar-refractivity contribution in [3.8, 4) is 11.5 Å². The molecule has 11 nitrogen and oxygen atoms in total. The Morgan fingerprint density at radius 1 is 1.07 bits per heavy atom. The van der Waals surface area contributed by atoms with E-state index in [9.17, 15) is 19.8 Å². The van der Waals surface area contributed by atoms with Gasteiger partial charge in [0.25, 0.3) is 0 Å². The first kappa shape index (κ1) is 31.7. The van der Waals surface area contributed by atoms with Crippen LogP contribution in [0.25, 0.3) is 0 Å². The predicted octanol–water partition coefficient (Wildman–Crippen LogP) is 2.77. The first-order chi connectivity index (χ1) is 20.3. The molecule has 1 amide bonds. The molecule has 0 spiro atoms. The van der Waals surface area contributed by atoms with Crippen molar-refractivity contribution in [1.82, 2.24) is 24.7 Å². The molecule has 11 heteroatoms. The fraction of sp³-hybridized carbons (Fsp3) is 0.613. The lowest BCUT2D eigenvalue weighted by Gasteiger charge is -2.30. The molecule has 1 saturated heterocycles. The summed E-state index contributed by atoms with van der Waals surface area (Å²) in [5, 5.41) is 20.5. The number of carboxylic acid groups (broad SMARTS) is 1. The number of hydrogen-bond acceptors (Lipinski definition) is 9. The lowest BCUT2D eigenvalue weighted by atomic mass is 9.83. The van der Waals surface area contributed by atoms with E-state index < -0.39 is 23.8 Å². The largest absolute Gasteiger partial charge is 0.481 e. The summed E-state index contributed by atoms with van der Waals surface area (Å²) < 4.78 is 11.1. The Morgan fingerprint density at radius 2 is 1.81 bits per heavy atom. The number of hydrogen-bond donors (Lipinski definition) is 2. The van der Waals surface area contributed by atoms with Crippen LogP contribution in [0.1, 0.15) is 61.9 Å². The van der Waals surface area contributed by atoms with Gasteiger partial charge in [0, 0.05) is 56.0 Å². The Bertz CT molecular complexity index is 1180. The van der Waals surface area contributed by atoms with E-state index in [1.165, 1.54) is 0 Å². The zero-order valence-corrected chi connectivity index (χ0v) is 25.1. The van der Waals surface area contributed by atoms with Gasteiger partial charge in [-0.2, -0.15) is 0 Å². The van der Waals surface area contributed by atoms with Crippen molar-refractivity contribution >= 4 is 11.9 Å². The van der Waals surface area contributed by atoms with Gasteiger partial charge in [0.15, 0.2) is 11.5 Å². The van der Waals surface area contributed by atoms with Crippen molar-refractivity contribution in [1.29, 1.82) is 0 Å². The van der Waals surface area contributed by atoms with Crippen LogP contribution in [0.3, 0.4) is 0 Å². The lowest BCUT2D eigenvalue weighted by molar-refractivity contribution is -0.143. The van der Waals surface area contributed by atoms with E-state index in [-0.39, 0.29) is 25.9 Å². The van der Waals surface area contributed by atoms with E-state index in [0.717, 1.165) is 37.8 Å². The number of benzene rings is 1. The van der Waals surface area contributed by atoms with Crippen molar-refractivity contribution in [2.24, 2.45) is 5.92 Å². The highest BCUT2D eigenvalue weighted by atomic mass is 16.7. The number of ether oxygens (including phenoxy) is 2. The number of aliphatic hydroxyl groups is 1. The molecule has 230 valence electrons. The van der Waals surface area contributed by atoms with Crippen LogP contribution >= 0.6 is 0 Å². The van der Waals surface area contributed by atoms with E-state index in [1.807, 2.05) is 36.0 Å². The van der Waals surface area contributed by atoms with Crippen molar-refractivity contribution in [3.05, 3.63) is 47.5 Å². The molecule has 2 N–H and O–H groups in total. The molecule has 4 rings (SSSR count). The molecule has 2 aliphatic heterocycles. The van der Waals surface area contributed by atoms with Crippen molar-refractivity contribution < 1.29 is 29.3 Å². The van der Waals surface area contributed by atoms with Crippen LogP contribution in [-0.4, -0.2) is 106 Å². The SMILES string of the molecule is CCCCN(CCCCN(C)C)C(=O)CN1C[C@H](c2cc(CO)c3c(c2)OCO3)[C@@H](C(=O)O)[C@@H]1CCc1ncccn1. The maximum atomic E-state index is 13.8. The van der Waals surface area contributed by atoms with Crippen LogP contribution < -0.4 is 9.47 Å². The molecular formula is C31H45N5O6. The van der Waals surface area contributed by atoms with Crippen molar-refractivity contribution in [2.45, 2.75) is 64.0 Å². The average Bonchev–Trinajstić information content (AvgIpc) is 3.60. The Balaban J connectivity index is 1.59. The van der Waals surface area contributed by atoms with Gasteiger partial charge in [-0.05, 0) is 70.1 Å². The molecule has 0 aliphatic carbocycles. The third-order valence-electron chi connectivity index (χ3n) is 8.24. The third-order valence-corrected chi connectivity index (χ3v) is 8.24. The molecular weight excluding hydrogens is 538 g/mol. The summed E-state index contributed by atoms with van der Waals surface area (Å²) >= 11 is 0. The van der Waals surface area contributed by atoms with E-state index in [4.69, 9.17) is 9.47 Å². The summed E-state index contributed by atoms with van der Waals surface area (Å²) in [6.45, 7) is 4.83. The summed E-state index contributed by atoms with van der Waals surface area (Å²) in [7, 11) is 4.10. The Hall–Kier alpha value is -3.28. The molecule has 0 radical (unpaired) electrons. The number of rotatable bonds is 16. The Kier molecular flexibility index (Phi) is 11.5. The monoisotopic (exact) mass is 583 g/mol. The zero-order chi connectivity index (χ0) is 30.1. The third kappa shape index (κ3) is 7.96. The van der Waals surface area contributed by atoms with Gasteiger partial charge in [-0.15, -0.1) is 0 Å². The average molecular weight is 584 g/mol. The second kappa shape index (κ2) is 15.3. The van der Waals surface area contributed by atoms with Gasteiger partial charge < -0.3 is 29.5 Å². The zero-order valence-electron chi connectivity index (χ0n) is 25.1. The van der Waals surface area contributed by atoms with Crippen LogP contribution in [0.2, 0.25) is 0 Å². The number of aliphatic carboxylic acids is 1. The fourth-order valence-electron chi connectivity index (χ4n) is 6.08. The van der Waals surface area contributed by atoms with Gasteiger partial charge in [0.05, 0.1) is 19.1 Å². The summed E-state index contributed by atoms with van der Waals surface area (Å²) in [6, 6.07) is 4.99. The number of fused-ring (bicyclic) bond motifs is 1. The molecule has 2 aromatic rings. The number of aryl methyl sites for hydroxylation is 1. The van der Waals surface area contributed by atoms with Crippen molar-refractivity contribution in [3.63, 3.8) is 0 Å². The summed E-state index contributed by atoms with van der Waals surface area (Å²) in [5.74, 6) is -0.403. The molecule has 2 aliphatic rings. The van der Waals surface area contributed by atoms with Gasteiger partial charge in [-0.3, -0.25) is 14.5 Å². The van der Waals surface area contributed by atoms with E-state index in [2.05, 4.69) is 21.8 Å². The first-order valence-corrected chi connectivity index (χ1v) is 15.0. The molecule has 0 unspecified atom stereocenters. The minimum absolute atomic E-state index is 0.0285. The van der Waals surface area contributed by atoms with Gasteiger partial charge in [0.2, 0.25) is 12.7 Å². The normalized spacial score (nSPS) is 19.9. The Morgan fingerprint density at radius 3 is 2.50 bits per heavy atom. The molecule has 3 atom stereocenters. The number of likely N-dealkylation sites (tertiary alicyclic amines) is 1. The molecule has 1 aromatic heterocycles. The number of amides is 1. The minimum Gasteiger partial charge on any atom is -0.481 e. The second-order valence-corrected chi connectivity index (χ2v) is 11.5. The number of carbonyl (C=O) groups is 2. The smallest absolute Gasteiger partial charge is 0.308 e. The summed E-state index contributed by atoms with van der Waals surface area (Å²) in [6.07, 6.45) is 8.21. The highest BCUT2D eigenvalue weighted by molar-refractivity contribution is 5.79. The maximum Gasteiger partial charge on any atom is 0.308 e. The quantitative estimate of drug-likeness (QED) is 0.285. The molecule has 0 bridgehead atoms. The van der Waals surface area contributed by atoms with E-state index >= 15 is 0 Å². The highest BCUT2D eigenvalue weighted by Crippen LogP contribution is 2.44. The molecule has 0 saturated carbocycles. The highest BCUT2D eigenvalue weighted by Gasteiger charge is 2.47. The Labute approximate surface area is 248 Å². The molecule has 3 heterocycles. The maximum absolute atomic E-state index is 13.8. The number of nitrogens with zero attached hydrogens (tertiary/aromatic N) is 5. The number of aliphatic hydroxyl groups excluding tert-OH is 1. The van der Waals surface area contributed by atoms with Crippen LogP contribution in [-0.2, 0) is 22.6 Å². The lowest BCUT2D eigenvalue weighted by Crippen LogP contribution is -2.45. The fourth-order valence-corrected chi connectivity index (χ4v) is 6.08. The van der Waals surface area contributed by atoms with E-state index in [1.54, 1.807) is 18.5 Å². The van der Waals surface area contributed by atoms with Crippen LogP contribution in [0.5, 0.6) is 11.5 Å². The van der Waals surface area contributed by atoms with Crippen LogP contribution in [0, 0.1) is 5.92 Å². The standard InChI is InChI=1S/C31H45N5O6/c1-4-5-14-35(15-7-6-13-34(2)3)28(38)19-36-18-24(22-16-23(20-37)30-26(17-22)41-21-42-30)29(31(39)40)25(36)9-10-27-32-11-8-12-33-27/h8,11-12,16-17,24-25,29,37H,4-7,9-10,13-15,18-21H2,1-3H3,(H,39,40)/t24-,25+,29-/m1/s1. The number of aromatic nitrogens is 2. The summed E-state index contributed by atoms with van der Waals surface area (Å²) in [5.41, 5.74) is 1.33. The van der Waals surface area contributed by atoms with Gasteiger partial charge in [-0.25, -0.2) is 9.97 Å².